The van der Waals surface area contributed by atoms with Gasteiger partial charge in [0.1, 0.15) is 0 Å². The first-order valence-electron chi connectivity index (χ1n) is 6.55. The van der Waals surface area contributed by atoms with Crippen molar-refractivity contribution in [1.82, 2.24) is 5.32 Å². The molecule has 4 nitrogen and oxygen atoms in total. The second-order valence-electron chi connectivity index (χ2n) is 4.70. The van der Waals surface area contributed by atoms with Crippen LogP contribution in [0.2, 0.25) is 0 Å². The van der Waals surface area contributed by atoms with Crippen molar-refractivity contribution in [1.29, 1.82) is 0 Å². The smallest absolute Gasteiger partial charge is 0.251 e. The first kappa shape index (κ1) is 16.7. The zero-order valence-corrected chi connectivity index (χ0v) is 15.0. The van der Waals surface area contributed by atoms with E-state index in [2.05, 4.69) is 42.5 Å². The van der Waals surface area contributed by atoms with Crippen LogP contribution >= 0.6 is 31.9 Å². The standard InChI is InChI=1S/C16H14Br2N2O2/c1-10-8-13(6-7-14(10)18)20-15(21)9-19-16(22)11-2-4-12(17)5-3-11/h2-8H,9H2,1H3,(H,19,22)(H,20,21). The number of rotatable bonds is 4. The van der Waals surface area contributed by atoms with Crippen molar-refractivity contribution in [2.75, 3.05) is 11.9 Å². The normalized spacial score (nSPS) is 10.1. The van der Waals surface area contributed by atoms with Crippen molar-refractivity contribution >= 4 is 49.4 Å². The second-order valence-corrected chi connectivity index (χ2v) is 6.47. The van der Waals surface area contributed by atoms with E-state index in [1.807, 2.05) is 19.1 Å². The fraction of sp³-hybridized carbons (Fsp3) is 0.125. The molecule has 0 bridgehead atoms. The van der Waals surface area contributed by atoms with Crippen molar-refractivity contribution in [3.63, 3.8) is 0 Å². The highest BCUT2D eigenvalue weighted by atomic mass is 79.9. The molecule has 0 saturated heterocycles. The van der Waals surface area contributed by atoms with E-state index in [9.17, 15) is 9.59 Å². The number of amides is 2. The number of carbonyl (C=O) groups excluding carboxylic acids is 2. The van der Waals surface area contributed by atoms with Crippen molar-refractivity contribution in [3.8, 4) is 0 Å². The molecule has 2 rings (SSSR count). The van der Waals surface area contributed by atoms with Gasteiger partial charge in [-0.1, -0.05) is 31.9 Å². The molecule has 0 aliphatic rings. The van der Waals surface area contributed by atoms with Crippen LogP contribution in [0.4, 0.5) is 5.69 Å². The van der Waals surface area contributed by atoms with Crippen LogP contribution in [0.1, 0.15) is 15.9 Å². The molecule has 0 aliphatic heterocycles. The van der Waals surface area contributed by atoms with E-state index in [-0.39, 0.29) is 18.4 Å². The molecule has 114 valence electrons. The lowest BCUT2D eigenvalue weighted by Gasteiger charge is -2.08. The predicted molar refractivity (Wildman–Crippen MR) is 94.0 cm³/mol. The van der Waals surface area contributed by atoms with Gasteiger partial charge in [-0.25, -0.2) is 0 Å². The van der Waals surface area contributed by atoms with Crippen LogP contribution in [0.3, 0.4) is 0 Å². The Hall–Kier alpha value is -1.66. The van der Waals surface area contributed by atoms with Gasteiger partial charge in [0, 0.05) is 20.2 Å². The van der Waals surface area contributed by atoms with Crippen LogP contribution in [-0.4, -0.2) is 18.4 Å². The molecular weight excluding hydrogens is 412 g/mol. The third kappa shape index (κ3) is 4.68. The van der Waals surface area contributed by atoms with Crippen molar-refractivity contribution in [3.05, 3.63) is 62.5 Å². The molecule has 0 spiro atoms. The van der Waals surface area contributed by atoms with Crippen LogP contribution in [0, 0.1) is 6.92 Å². The molecule has 0 unspecified atom stereocenters. The van der Waals surface area contributed by atoms with Crippen LogP contribution in [0.25, 0.3) is 0 Å². The maximum absolute atomic E-state index is 11.9. The van der Waals surface area contributed by atoms with Crippen LogP contribution in [0.5, 0.6) is 0 Å². The molecule has 0 aliphatic carbocycles. The van der Waals surface area contributed by atoms with Gasteiger partial charge in [-0.05, 0) is 55.0 Å². The molecule has 0 fully saturated rings. The number of hydrogen-bond donors (Lipinski definition) is 2. The molecule has 6 heteroatoms. The summed E-state index contributed by atoms with van der Waals surface area (Å²) in [7, 11) is 0. The Bertz CT molecular complexity index is 700. The topological polar surface area (TPSA) is 58.2 Å². The van der Waals surface area contributed by atoms with Crippen LogP contribution in [0.15, 0.2) is 51.4 Å². The van der Waals surface area contributed by atoms with Crippen molar-refractivity contribution in [2.45, 2.75) is 6.92 Å². The number of benzene rings is 2. The highest BCUT2D eigenvalue weighted by molar-refractivity contribution is 9.10. The van der Waals surface area contributed by atoms with Crippen molar-refractivity contribution in [2.24, 2.45) is 0 Å². The van der Waals surface area contributed by atoms with Gasteiger partial charge in [-0.15, -0.1) is 0 Å². The van der Waals surface area contributed by atoms with Crippen molar-refractivity contribution < 1.29 is 9.59 Å². The predicted octanol–water partition coefficient (Wildman–Crippen LogP) is 3.89. The summed E-state index contributed by atoms with van der Waals surface area (Å²) in [6.07, 6.45) is 0. The van der Waals surface area contributed by atoms with E-state index in [1.165, 1.54) is 0 Å². The van der Waals surface area contributed by atoms with E-state index in [1.54, 1.807) is 30.3 Å². The van der Waals surface area contributed by atoms with E-state index in [0.29, 0.717) is 11.3 Å². The summed E-state index contributed by atoms with van der Waals surface area (Å²) in [5.41, 5.74) is 2.23. The Kier molecular flexibility index (Phi) is 5.74. The molecule has 2 amide bonds. The fourth-order valence-corrected chi connectivity index (χ4v) is 2.30. The Morgan fingerprint density at radius 3 is 2.36 bits per heavy atom. The monoisotopic (exact) mass is 424 g/mol. The molecule has 22 heavy (non-hydrogen) atoms. The third-order valence-corrected chi connectivity index (χ3v) is 4.38. The molecule has 0 atom stereocenters. The Morgan fingerprint density at radius 1 is 1.05 bits per heavy atom. The molecule has 0 aromatic heterocycles. The summed E-state index contributed by atoms with van der Waals surface area (Å²) in [5, 5.41) is 5.33. The molecule has 0 heterocycles. The second kappa shape index (κ2) is 7.56. The summed E-state index contributed by atoms with van der Waals surface area (Å²) in [5.74, 6) is -0.554. The minimum absolute atomic E-state index is 0.0794. The molecule has 0 saturated carbocycles. The average Bonchev–Trinajstić information content (AvgIpc) is 2.49. The SMILES string of the molecule is Cc1cc(NC(=O)CNC(=O)c2ccc(Br)cc2)ccc1Br. The van der Waals surface area contributed by atoms with Gasteiger partial charge >= 0.3 is 0 Å². The summed E-state index contributed by atoms with van der Waals surface area (Å²) in [6, 6.07) is 12.5. The first-order chi connectivity index (χ1) is 10.5. The third-order valence-electron chi connectivity index (χ3n) is 2.96. The minimum Gasteiger partial charge on any atom is -0.343 e. The zero-order chi connectivity index (χ0) is 16.1. The lowest BCUT2D eigenvalue weighted by molar-refractivity contribution is -0.115. The molecule has 2 aromatic rings. The highest BCUT2D eigenvalue weighted by Gasteiger charge is 2.08. The largest absolute Gasteiger partial charge is 0.343 e. The summed E-state index contributed by atoms with van der Waals surface area (Å²) < 4.78 is 1.88. The molecule has 2 aromatic carbocycles. The lowest BCUT2D eigenvalue weighted by atomic mass is 10.2. The lowest BCUT2D eigenvalue weighted by Crippen LogP contribution is -2.32. The van der Waals surface area contributed by atoms with Gasteiger partial charge in [0.25, 0.3) is 5.91 Å². The van der Waals surface area contributed by atoms with E-state index in [0.717, 1.165) is 14.5 Å². The number of anilines is 1. The van der Waals surface area contributed by atoms with Gasteiger partial charge in [-0.3, -0.25) is 9.59 Å². The van der Waals surface area contributed by atoms with Gasteiger partial charge in [0.15, 0.2) is 0 Å². The Morgan fingerprint density at radius 2 is 1.73 bits per heavy atom. The maximum Gasteiger partial charge on any atom is 0.251 e. The van der Waals surface area contributed by atoms with Gasteiger partial charge in [0.2, 0.25) is 5.91 Å². The zero-order valence-electron chi connectivity index (χ0n) is 11.8. The number of aryl methyl sites for hydroxylation is 1. The number of hydrogen-bond acceptors (Lipinski definition) is 2. The number of nitrogens with one attached hydrogen (secondary N) is 2. The van der Waals surface area contributed by atoms with E-state index >= 15 is 0 Å². The van der Waals surface area contributed by atoms with Gasteiger partial charge in [0.05, 0.1) is 6.54 Å². The summed E-state index contributed by atoms with van der Waals surface area (Å²) in [6.45, 7) is 1.86. The van der Waals surface area contributed by atoms with Crippen LogP contribution < -0.4 is 10.6 Å². The Balaban J connectivity index is 1.88. The minimum atomic E-state index is -0.283. The van der Waals surface area contributed by atoms with E-state index < -0.39 is 0 Å². The molecule has 0 radical (unpaired) electrons. The summed E-state index contributed by atoms with van der Waals surface area (Å²) in [4.78, 5) is 23.8. The molecule has 2 N–H and O–H groups in total. The van der Waals surface area contributed by atoms with Gasteiger partial charge < -0.3 is 10.6 Å². The molecular formula is C16H14Br2N2O2. The maximum atomic E-state index is 11.9. The summed E-state index contributed by atoms with van der Waals surface area (Å²) >= 11 is 6.71. The first-order valence-corrected chi connectivity index (χ1v) is 8.14. The highest BCUT2D eigenvalue weighted by Crippen LogP contribution is 2.19. The quantitative estimate of drug-likeness (QED) is 0.780. The number of carbonyl (C=O) groups is 2. The number of halogens is 2. The Labute approximate surface area is 145 Å². The van der Waals surface area contributed by atoms with Gasteiger partial charge in [-0.2, -0.15) is 0 Å². The van der Waals surface area contributed by atoms with Crippen LogP contribution in [-0.2, 0) is 4.79 Å². The van der Waals surface area contributed by atoms with E-state index in [4.69, 9.17) is 0 Å². The average molecular weight is 426 g/mol. The fourth-order valence-electron chi connectivity index (χ4n) is 1.79.